The van der Waals surface area contributed by atoms with E-state index in [1.165, 1.54) is 87.6 Å². The van der Waals surface area contributed by atoms with Gasteiger partial charge in [0.15, 0.2) is 0 Å². The van der Waals surface area contributed by atoms with Crippen LogP contribution in [0.1, 0.15) is 0 Å². The van der Waals surface area contributed by atoms with E-state index < -0.39 is 0 Å². The molecule has 0 radical (unpaired) electrons. The van der Waals surface area contributed by atoms with Crippen LogP contribution in [0, 0.1) is 0 Å². The van der Waals surface area contributed by atoms with Crippen LogP contribution in [0.5, 0.6) is 0 Å². The summed E-state index contributed by atoms with van der Waals surface area (Å²) >= 11 is 0. The number of aromatic nitrogens is 1. The highest BCUT2D eigenvalue weighted by atomic mass is 15.1. The zero-order valence-corrected chi connectivity index (χ0v) is 37.3. The Hall–Kier alpha value is -8.98. The summed E-state index contributed by atoms with van der Waals surface area (Å²) < 4.78 is 2.40. The Morgan fingerprint density at radius 2 is 0.750 bits per heavy atom. The molecule has 0 aliphatic carbocycles. The average molecular weight is 865 g/mol. The Balaban J connectivity index is 0.985. The molecule has 0 spiro atoms. The maximum Gasteiger partial charge on any atom is 0.0562 e. The normalized spacial score (nSPS) is 11.5. The standard InChI is InChI=1S/C66H44N2/c1-4-18-48(19-5-1)64-58-26-13-12-25-56(58)57-42-37-52(44-60(57)65(64)49-20-6-2-7-21-49)47-35-40-55(41-36-47)67(54-38-33-46(34-39-54)51-32-31-45-17-10-11-22-50(45)43-51)62-29-16-30-63-66(62)59-27-14-15-28-61(59)68(63)53-23-8-3-9-24-53/h1-44H. The molecule has 0 atom stereocenters. The minimum atomic E-state index is 1.08. The maximum absolute atomic E-state index is 2.43. The smallest absolute Gasteiger partial charge is 0.0562 e. The van der Waals surface area contributed by atoms with Crippen molar-refractivity contribution in [2.24, 2.45) is 0 Å². The van der Waals surface area contributed by atoms with Crippen molar-refractivity contribution < 1.29 is 0 Å². The first-order valence-electron chi connectivity index (χ1n) is 23.4. The molecule has 0 N–H and O–H groups in total. The van der Waals surface area contributed by atoms with Crippen molar-refractivity contribution in [1.82, 2.24) is 4.57 Å². The predicted molar refractivity (Wildman–Crippen MR) is 290 cm³/mol. The Bertz CT molecular complexity index is 3980. The van der Waals surface area contributed by atoms with Gasteiger partial charge in [0, 0.05) is 27.8 Å². The molecule has 0 saturated heterocycles. The second-order valence-electron chi connectivity index (χ2n) is 17.6. The molecule has 13 aromatic rings. The highest BCUT2D eigenvalue weighted by molar-refractivity contribution is 6.22. The van der Waals surface area contributed by atoms with Gasteiger partial charge in [0.25, 0.3) is 0 Å². The van der Waals surface area contributed by atoms with Gasteiger partial charge in [-0.2, -0.15) is 0 Å². The predicted octanol–water partition coefficient (Wildman–Crippen LogP) is 18.4. The van der Waals surface area contributed by atoms with Crippen molar-refractivity contribution in [3.8, 4) is 50.2 Å². The SMILES string of the molecule is c1ccc(-c2c(-c3ccccc3)c3cc(-c4ccc(N(c5ccc(-c6ccc7ccccc7c6)cc5)c5cccc6c5c5ccccc5n6-c5ccccc5)cc4)ccc3c3ccccc23)cc1. The van der Waals surface area contributed by atoms with Crippen molar-refractivity contribution in [2.45, 2.75) is 0 Å². The van der Waals surface area contributed by atoms with E-state index in [1.54, 1.807) is 0 Å². The molecule has 1 heterocycles. The molecule has 13 rings (SSSR count). The molecular weight excluding hydrogens is 821 g/mol. The number of rotatable bonds is 8. The Labute approximate surface area is 395 Å². The van der Waals surface area contributed by atoms with Crippen molar-refractivity contribution in [3.63, 3.8) is 0 Å². The average Bonchev–Trinajstić information content (AvgIpc) is 3.76. The van der Waals surface area contributed by atoms with Crippen LogP contribution in [0.3, 0.4) is 0 Å². The summed E-state index contributed by atoms with van der Waals surface area (Å²) in [6.07, 6.45) is 0. The number of para-hydroxylation sites is 2. The molecule has 2 heteroatoms. The number of anilines is 3. The Morgan fingerprint density at radius 3 is 1.43 bits per heavy atom. The van der Waals surface area contributed by atoms with Gasteiger partial charge >= 0.3 is 0 Å². The summed E-state index contributed by atoms with van der Waals surface area (Å²) in [7, 11) is 0. The van der Waals surface area contributed by atoms with Gasteiger partial charge in [0.05, 0.1) is 16.7 Å². The molecule has 0 amide bonds. The largest absolute Gasteiger partial charge is 0.310 e. The second-order valence-corrected chi connectivity index (χ2v) is 17.6. The van der Waals surface area contributed by atoms with Gasteiger partial charge < -0.3 is 9.47 Å². The van der Waals surface area contributed by atoms with Crippen molar-refractivity contribution in [3.05, 3.63) is 267 Å². The van der Waals surface area contributed by atoms with Gasteiger partial charge in [0.2, 0.25) is 0 Å². The highest BCUT2D eigenvalue weighted by Crippen LogP contribution is 2.47. The summed E-state index contributed by atoms with van der Waals surface area (Å²) in [4.78, 5) is 2.43. The van der Waals surface area contributed by atoms with Crippen LogP contribution < -0.4 is 4.90 Å². The molecule has 0 fully saturated rings. The van der Waals surface area contributed by atoms with E-state index in [1.807, 2.05) is 0 Å². The first-order valence-corrected chi connectivity index (χ1v) is 23.4. The van der Waals surface area contributed by atoms with Gasteiger partial charge in [-0.15, -0.1) is 0 Å². The molecule has 2 nitrogen and oxygen atoms in total. The topological polar surface area (TPSA) is 8.17 Å². The quantitative estimate of drug-likeness (QED) is 0.138. The number of fused-ring (bicyclic) bond motifs is 7. The monoisotopic (exact) mass is 864 g/mol. The fraction of sp³-hybridized carbons (Fsp3) is 0. The number of hydrogen-bond donors (Lipinski definition) is 0. The lowest BCUT2D eigenvalue weighted by molar-refractivity contribution is 1.18. The fourth-order valence-corrected chi connectivity index (χ4v) is 10.6. The zero-order valence-electron chi connectivity index (χ0n) is 37.3. The highest BCUT2D eigenvalue weighted by Gasteiger charge is 2.22. The Morgan fingerprint density at radius 1 is 0.265 bits per heavy atom. The van der Waals surface area contributed by atoms with Gasteiger partial charge in [-0.1, -0.05) is 200 Å². The third-order valence-electron chi connectivity index (χ3n) is 13.7. The molecule has 0 bridgehead atoms. The maximum atomic E-state index is 2.43. The molecule has 12 aromatic carbocycles. The van der Waals surface area contributed by atoms with Gasteiger partial charge in [-0.3, -0.25) is 0 Å². The van der Waals surface area contributed by atoms with Crippen LogP contribution in [0.4, 0.5) is 17.1 Å². The van der Waals surface area contributed by atoms with E-state index in [9.17, 15) is 0 Å². The van der Waals surface area contributed by atoms with E-state index >= 15 is 0 Å². The van der Waals surface area contributed by atoms with Gasteiger partial charge in [-0.25, -0.2) is 0 Å². The van der Waals surface area contributed by atoms with Crippen molar-refractivity contribution >= 4 is 71.2 Å². The molecule has 68 heavy (non-hydrogen) atoms. The summed E-state index contributed by atoms with van der Waals surface area (Å²) in [5.74, 6) is 0. The Kier molecular flexibility index (Phi) is 9.54. The fourth-order valence-electron chi connectivity index (χ4n) is 10.6. The van der Waals surface area contributed by atoms with E-state index in [4.69, 9.17) is 0 Å². The number of hydrogen-bond acceptors (Lipinski definition) is 1. The lowest BCUT2D eigenvalue weighted by Gasteiger charge is -2.27. The summed E-state index contributed by atoms with van der Waals surface area (Å²) in [5, 5.41) is 9.91. The minimum absolute atomic E-state index is 1.08. The summed E-state index contributed by atoms with van der Waals surface area (Å²) in [6.45, 7) is 0. The molecule has 318 valence electrons. The third-order valence-corrected chi connectivity index (χ3v) is 13.7. The molecule has 0 aliphatic rings. The van der Waals surface area contributed by atoms with E-state index in [2.05, 4.69) is 276 Å². The van der Waals surface area contributed by atoms with Crippen LogP contribution in [0.2, 0.25) is 0 Å². The summed E-state index contributed by atoms with van der Waals surface area (Å²) in [5.41, 5.74) is 16.4. The van der Waals surface area contributed by atoms with Crippen LogP contribution in [-0.4, -0.2) is 4.57 Å². The molecule has 1 aromatic heterocycles. The minimum Gasteiger partial charge on any atom is -0.310 e. The van der Waals surface area contributed by atoms with Crippen LogP contribution in [0.15, 0.2) is 267 Å². The van der Waals surface area contributed by atoms with Crippen molar-refractivity contribution in [2.75, 3.05) is 4.90 Å². The lowest BCUT2D eigenvalue weighted by atomic mass is 9.84. The second kappa shape index (κ2) is 16.5. The first-order chi connectivity index (χ1) is 33.7. The van der Waals surface area contributed by atoms with Crippen LogP contribution in [-0.2, 0) is 0 Å². The van der Waals surface area contributed by atoms with Gasteiger partial charge in [0.1, 0.15) is 0 Å². The number of nitrogens with zero attached hydrogens (tertiary/aromatic N) is 2. The van der Waals surface area contributed by atoms with E-state index in [0.717, 1.165) is 33.8 Å². The molecular formula is C66H44N2. The van der Waals surface area contributed by atoms with Gasteiger partial charge in [-0.05, 0) is 144 Å². The van der Waals surface area contributed by atoms with E-state index in [-0.39, 0.29) is 0 Å². The summed E-state index contributed by atoms with van der Waals surface area (Å²) in [6, 6.07) is 97.5. The van der Waals surface area contributed by atoms with E-state index in [0.29, 0.717) is 0 Å². The number of benzene rings is 12. The molecule has 0 aliphatic heterocycles. The van der Waals surface area contributed by atoms with Crippen LogP contribution >= 0.6 is 0 Å². The third kappa shape index (κ3) is 6.65. The lowest BCUT2D eigenvalue weighted by Crippen LogP contribution is -2.10. The van der Waals surface area contributed by atoms with Crippen molar-refractivity contribution in [1.29, 1.82) is 0 Å². The van der Waals surface area contributed by atoms with Crippen LogP contribution in [0.25, 0.3) is 104 Å². The zero-order chi connectivity index (χ0) is 45.0. The molecule has 0 saturated carbocycles. The molecule has 0 unspecified atom stereocenters. The first kappa shape index (κ1) is 39.4.